The Morgan fingerprint density at radius 3 is 2.48 bits per heavy atom. The van der Waals surface area contributed by atoms with Gasteiger partial charge in [0, 0.05) is 38.9 Å². The third kappa shape index (κ3) is 5.74. The highest BCUT2D eigenvalue weighted by Crippen LogP contribution is 2.22. The number of hydrogen-bond donors (Lipinski definition) is 1. The van der Waals surface area contributed by atoms with Crippen LogP contribution in [-0.4, -0.2) is 75.5 Å². The number of likely N-dealkylation sites (tertiary alicyclic amines) is 1. The minimum atomic E-state index is -0.0475. The Kier molecular flexibility index (Phi) is 7.18. The summed E-state index contributed by atoms with van der Waals surface area (Å²) in [6.45, 7) is 5.72. The number of urea groups is 1. The monoisotopic (exact) mass is 377 g/mol. The number of carbonyl (C=O) groups excluding carboxylic acids is 1. The van der Waals surface area contributed by atoms with Crippen molar-refractivity contribution in [2.75, 3.05) is 53.6 Å². The Labute approximate surface area is 161 Å². The van der Waals surface area contributed by atoms with E-state index in [0.29, 0.717) is 24.6 Å². The van der Waals surface area contributed by atoms with Gasteiger partial charge in [-0.25, -0.2) is 4.79 Å². The van der Waals surface area contributed by atoms with Crippen LogP contribution in [0.2, 0.25) is 0 Å². The van der Waals surface area contributed by atoms with Crippen molar-refractivity contribution in [1.29, 1.82) is 0 Å². The lowest BCUT2D eigenvalue weighted by molar-refractivity contribution is 0.0349. The predicted molar refractivity (Wildman–Crippen MR) is 103 cm³/mol. The van der Waals surface area contributed by atoms with Crippen molar-refractivity contribution in [2.24, 2.45) is 0 Å². The maximum atomic E-state index is 12.7. The van der Waals surface area contributed by atoms with Crippen LogP contribution in [0.15, 0.2) is 18.2 Å². The molecule has 2 aliphatic heterocycles. The summed E-state index contributed by atoms with van der Waals surface area (Å²) in [6.07, 6.45) is 3.49. The third-order valence-electron chi connectivity index (χ3n) is 5.15. The van der Waals surface area contributed by atoms with Gasteiger partial charge in [-0.15, -0.1) is 0 Å². The lowest BCUT2D eigenvalue weighted by atomic mass is 10.2. The Balaban J connectivity index is 1.54. The fraction of sp³-hybridized carbons (Fsp3) is 0.650. The van der Waals surface area contributed by atoms with E-state index in [2.05, 4.69) is 10.2 Å². The van der Waals surface area contributed by atoms with E-state index in [1.165, 1.54) is 12.8 Å². The van der Waals surface area contributed by atoms with Crippen molar-refractivity contribution in [1.82, 2.24) is 15.1 Å². The molecule has 1 aromatic carbocycles. The highest BCUT2D eigenvalue weighted by molar-refractivity contribution is 5.74. The minimum Gasteiger partial charge on any atom is -0.497 e. The van der Waals surface area contributed by atoms with Crippen LogP contribution >= 0.6 is 0 Å². The van der Waals surface area contributed by atoms with Crippen LogP contribution in [0.4, 0.5) is 4.79 Å². The zero-order chi connectivity index (χ0) is 19.1. The topological polar surface area (TPSA) is 63.3 Å². The molecule has 1 atom stereocenters. The summed E-state index contributed by atoms with van der Waals surface area (Å²) in [4.78, 5) is 17.0. The van der Waals surface area contributed by atoms with Gasteiger partial charge in [-0.2, -0.15) is 0 Å². The molecule has 0 aliphatic carbocycles. The molecule has 150 valence electrons. The van der Waals surface area contributed by atoms with E-state index in [1.54, 1.807) is 14.2 Å². The normalized spacial score (nSPS) is 21.0. The van der Waals surface area contributed by atoms with Gasteiger partial charge < -0.3 is 29.3 Å². The first kappa shape index (κ1) is 19.8. The molecule has 2 fully saturated rings. The smallest absolute Gasteiger partial charge is 0.317 e. The second-order valence-electron chi connectivity index (χ2n) is 7.18. The lowest BCUT2D eigenvalue weighted by Crippen LogP contribution is -2.45. The Morgan fingerprint density at radius 1 is 1.11 bits per heavy atom. The van der Waals surface area contributed by atoms with E-state index in [0.717, 1.165) is 44.8 Å². The zero-order valence-corrected chi connectivity index (χ0v) is 16.4. The number of hydrogen-bond acceptors (Lipinski definition) is 5. The fourth-order valence-electron chi connectivity index (χ4n) is 3.70. The van der Waals surface area contributed by atoms with E-state index < -0.39 is 0 Å². The standard InChI is InChI=1S/C20H31N3O4/c1-25-17-10-16(11-18(12-17)26-2)13-21-20(24)23-8-5-9-27-19(15-23)14-22-6-3-4-7-22/h10-12,19H,3-9,13-15H2,1-2H3,(H,21,24)/t19-/m1/s1. The average Bonchev–Trinajstić information content (AvgIpc) is 3.09. The summed E-state index contributed by atoms with van der Waals surface area (Å²) in [5.41, 5.74) is 0.944. The van der Waals surface area contributed by atoms with Gasteiger partial charge in [0.2, 0.25) is 0 Å². The summed E-state index contributed by atoms with van der Waals surface area (Å²) in [7, 11) is 3.24. The molecule has 1 aromatic rings. The predicted octanol–water partition coefficient (Wildman–Crippen LogP) is 2.10. The van der Waals surface area contributed by atoms with Crippen molar-refractivity contribution in [3.05, 3.63) is 23.8 Å². The van der Waals surface area contributed by atoms with Gasteiger partial charge in [0.1, 0.15) is 11.5 Å². The molecule has 0 unspecified atom stereocenters. The summed E-state index contributed by atoms with van der Waals surface area (Å²) >= 11 is 0. The van der Waals surface area contributed by atoms with Crippen LogP contribution in [0.25, 0.3) is 0 Å². The Morgan fingerprint density at radius 2 is 1.81 bits per heavy atom. The molecule has 0 bridgehead atoms. The van der Waals surface area contributed by atoms with Crippen molar-refractivity contribution in [3.8, 4) is 11.5 Å². The summed E-state index contributed by atoms with van der Waals surface area (Å²) in [5.74, 6) is 1.43. The van der Waals surface area contributed by atoms with Crippen molar-refractivity contribution >= 4 is 6.03 Å². The molecule has 0 saturated carbocycles. The van der Waals surface area contributed by atoms with Gasteiger partial charge in [-0.1, -0.05) is 0 Å². The number of benzene rings is 1. The molecule has 7 heteroatoms. The number of nitrogens with zero attached hydrogens (tertiary/aromatic N) is 2. The number of carbonyl (C=O) groups is 1. The number of ether oxygens (including phenoxy) is 3. The zero-order valence-electron chi connectivity index (χ0n) is 16.4. The van der Waals surface area contributed by atoms with E-state index in [4.69, 9.17) is 14.2 Å². The van der Waals surface area contributed by atoms with Crippen molar-refractivity contribution in [2.45, 2.75) is 31.9 Å². The van der Waals surface area contributed by atoms with E-state index in [9.17, 15) is 4.79 Å². The molecule has 0 radical (unpaired) electrons. The van der Waals surface area contributed by atoms with Crippen LogP contribution < -0.4 is 14.8 Å². The number of rotatable bonds is 6. The number of amides is 2. The Hall–Kier alpha value is -1.99. The van der Waals surface area contributed by atoms with Gasteiger partial charge in [0.15, 0.2) is 0 Å². The molecule has 2 amide bonds. The van der Waals surface area contributed by atoms with Crippen LogP contribution in [0.3, 0.4) is 0 Å². The summed E-state index contributed by atoms with van der Waals surface area (Å²) < 4.78 is 16.6. The summed E-state index contributed by atoms with van der Waals surface area (Å²) in [5, 5.41) is 3.02. The molecule has 0 spiro atoms. The van der Waals surface area contributed by atoms with Gasteiger partial charge in [0.05, 0.1) is 20.3 Å². The Bertz CT molecular complexity index is 597. The maximum Gasteiger partial charge on any atom is 0.317 e. The van der Waals surface area contributed by atoms with Gasteiger partial charge in [-0.05, 0) is 50.0 Å². The quantitative estimate of drug-likeness (QED) is 0.823. The van der Waals surface area contributed by atoms with Crippen LogP contribution in [0.5, 0.6) is 11.5 Å². The highest BCUT2D eigenvalue weighted by Gasteiger charge is 2.25. The molecule has 2 saturated heterocycles. The van der Waals surface area contributed by atoms with E-state index in [-0.39, 0.29) is 12.1 Å². The second-order valence-corrected chi connectivity index (χ2v) is 7.18. The number of methoxy groups -OCH3 is 2. The van der Waals surface area contributed by atoms with Crippen molar-refractivity contribution in [3.63, 3.8) is 0 Å². The van der Waals surface area contributed by atoms with E-state index >= 15 is 0 Å². The van der Waals surface area contributed by atoms with E-state index in [1.807, 2.05) is 23.1 Å². The van der Waals surface area contributed by atoms with Crippen molar-refractivity contribution < 1.29 is 19.0 Å². The van der Waals surface area contributed by atoms with Gasteiger partial charge in [-0.3, -0.25) is 0 Å². The molecule has 2 heterocycles. The largest absolute Gasteiger partial charge is 0.497 e. The minimum absolute atomic E-state index is 0.0475. The molecule has 1 N–H and O–H groups in total. The molecule has 7 nitrogen and oxygen atoms in total. The number of nitrogens with one attached hydrogen (secondary N) is 1. The molecule has 27 heavy (non-hydrogen) atoms. The van der Waals surface area contributed by atoms with Crippen LogP contribution in [0, 0.1) is 0 Å². The molecular weight excluding hydrogens is 346 g/mol. The van der Waals surface area contributed by atoms with Gasteiger partial charge >= 0.3 is 6.03 Å². The van der Waals surface area contributed by atoms with Crippen LogP contribution in [-0.2, 0) is 11.3 Å². The first-order valence-corrected chi connectivity index (χ1v) is 9.76. The molecule has 3 rings (SSSR count). The highest BCUT2D eigenvalue weighted by atomic mass is 16.5. The SMILES string of the molecule is COc1cc(CNC(=O)N2CCCO[C@H](CN3CCCC3)C2)cc(OC)c1. The van der Waals surface area contributed by atoms with Crippen LogP contribution in [0.1, 0.15) is 24.8 Å². The first-order chi connectivity index (χ1) is 13.2. The average molecular weight is 377 g/mol. The molecule has 2 aliphatic rings. The molecular formula is C20H31N3O4. The fourth-order valence-corrected chi connectivity index (χ4v) is 3.70. The third-order valence-corrected chi connectivity index (χ3v) is 5.15. The molecule has 0 aromatic heterocycles. The first-order valence-electron chi connectivity index (χ1n) is 9.76. The second kappa shape index (κ2) is 9.80. The van der Waals surface area contributed by atoms with Gasteiger partial charge in [0.25, 0.3) is 0 Å². The summed E-state index contributed by atoms with van der Waals surface area (Å²) in [6, 6.07) is 5.59. The maximum absolute atomic E-state index is 12.7. The lowest BCUT2D eigenvalue weighted by Gasteiger charge is -2.27.